The third kappa shape index (κ3) is 4.49. The summed E-state index contributed by atoms with van der Waals surface area (Å²) in [5.74, 6) is 0. The second kappa shape index (κ2) is 7.84. The van der Waals surface area contributed by atoms with E-state index in [4.69, 9.17) is 0 Å². The lowest BCUT2D eigenvalue weighted by Crippen LogP contribution is -2.04. The molecule has 29 heavy (non-hydrogen) atoms. The van der Waals surface area contributed by atoms with Crippen LogP contribution in [0.2, 0.25) is 0 Å². The summed E-state index contributed by atoms with van der Waals surface area (Å²) in [6.45, 7) is 0. The SMILES string of the molecule is FC(F)(F)c1ccc(Nc2cc(-c3ccccc3)cc(-c3ccccc3)c2)cc1. The van der Waals surface area contributed by atoms with E-state index >= 15 is 0 Å². The van der Waals surface area contributed by atoms with Gasteiger partial charge in [-0.2, -0.15) is 13.2 Å². The monoisotopic (exact) mass is 389 g/mol. The minimum absolute atomic E-state index is 0.599. The third-order valence-electron chi connectivity index (χ3n) is 4.65. The quantitative estimate of drug-likeness (QED) is 0.376. The molecule has 0 fully saturated rings. The van der Waals surface area contributed by atoms with E-state index in [2.05, 4.69) is 11.4 Å². The molecule has 4 rings (SSSR count). The normalized spacial score (nSPS) is 11.3. The van der Waals surface area contributed by atoms with Gasteiger partial charge in [0.1, 0.15) is 0 Å². The Morgan fingerprint density at radius 1 is 0.483 bits per heavy atom. The van der Waals surface area contributed by atoms with Crippen molar-refractivity contribution in [2.45, 2.75) is 6.18 Å². The fourth-order valence-corrected chi connectivity index (χ4v) is 3.20. The summed E-state index contributed by atoms with van der Waals surface area (Å²) in [6, 6.07) is 31.2. The van der Waals surface area contributed by atoms with Crippen LogP contribution in [-0.4, -0.2) is 0 Å². The molecule has 0 unspecified atom stereocenters. The van der Waals surface area contributed by atoms with Gasteiger partial charge in [0, 0.05) is 11.4 Å². The molecule has 0 amide bonds. The molecule has 0 radical (unpaired) electrons. The maximum absolute atomic E-state index is 12.8. The fraction of sp³-hybridized carbons (Fsp3) is 0.0400. The average molecular weight is 389 g/mol. The number of alkyl halides is 3. The van der Waals surface area contributed by atoms with Crippen molar-refractivity contribution in [1.82, 2.24) is 0 Å². The Kier molecular flexibility index (Phi) is 5.09. The standard InChI is InChI=1S/C25H18F3N/c26-25(27,28)22-11-13-23(14-12-22)29-24-16-20(18-7-3-1-4-8-18)15-21(17-24)19-9-5-2-6-10-19/h1-17,29H. The van der Waals surface area contributed by atoms with Crippen molar-refractivity contribution in [3.05, 3.63) is 109 Å². The first-order valence-electron chi connectivity index (χ1n) is 9.19. The molecular formula is C25H18F3N. The molecule has 1 N–H and O–H groups in total. The first-order valence-corrected chi connectivity index (χ1v) is 9.19. The number of rotatable bonds is 4. The van der Waals surface area contributed by atoms with Crippen LogP contribution in [0.15, 0.2) is 103 Å². The largest absolute Gasteiger partial charge is 0.416 e. The van der Waals surface area contributed by atoms with E-state index in [0.717, 1.165) is 40.1 Å². The zero-order valence-electron chi connectivity index (χ0n) is 15.4. The highest BCUT2D eigenvalue weighted by molar-refractivity contribution is 5.79. The zero-order valence-corrected chi connectivity index (χ0v) is 15.4. The first kappa shape index (κ1) is 18.8. The molecule has 0 saturated heterocycles. The molecule has 0 aromatic heterocycles. The summed E-state index contributed by atoms with van der Waals surface area (Å²) in [5.41, 5.74) is 4.95. The van der Waals surface area contributed by atoms with Gasteiger partial charge in [0.25, 0.3) is 0 Å². The Balaban J connectivity index is 1.72. The van der Waals surface area contributed by atoms with Gasteiger partial charge in [0.2, 0.25) is 0 Å². The number of benzene rings is 4. The van der Waals surface area contributed by atoms with Gasteiger partial charge in [-0.3, -0.25) is 0 Å². The molecule has 4 heteroatoms. The lowest BCUT2D eigenvalue weighted by atomic mass is 9.98. The molecule has 0 atom stereocenters. The Labute approximate surface area is 167 Å². The van der Waals surface area contributed by atoms with Crippen LogP contribution in [0.5, 0.6) is 0 Å². The van der Waals surface area contributed by atoms with Crippen molar-refractivity contribution < 1.29 is 13.2 Å². The van der Waals surface area contributed by atoms with E-state index in [9.17, 15) is 13.2 Å². The van der Waals surface area contributed by atoms with Crippen molar-refractivity contribution in [1.29, 1.82) is 0 Å². The van der Waals surface area contributed by atoms with Crippen LogP contribution < -0.4 is 5.32 Å². The first-order chi connectivity index (χ1) is 14.0. The minimum atomic E-state index is -4.34. The van der Waals surface area contributed by atoms with Crippen molar-refractivity contribution in [3.63, 3.8) is 0 Å². The van der Waals surface area contributed by atoms with Gasteiger partial charge in [-0.05, 0) is 64.7 Å². The predicted molar refractivity (Wildman–Crippen MR) is 112 cm³/mol. The summed E-state index contributed by atoms with van der Waals surface area (Å²) in [4.78, 5) is 0. The molecule has 4 aromatic carbocycles. The Hall–Kier alpha value is -3.53. The molecule has 0 aliphatic heterocycles. The van der Waals surface area contributed by atoms with E-state index in [-0.39, 0.29) is 0 Å². The molecule has 0 aliphatic carbocycles. The summed E-state index contributed by atoms with van der Waals surface area (Å²) >= 11 is 0. The number of hydrogen-bond donors (Lipinski definition) is 1. The van der Waals surface area contributed by atoms with E-state index < -0.39 is 11.7 Å². The molecule has 0 heterocycles. The van der Waals surface area contributed by atoms with Crippen molar-refractivity contribution >= 4 is 11.4 Å². The molecule has 144 valence electrons. The van der Waals surface area contributed by atoms with Crippen LogP contribution in [0.25, 0.3) is 22.3 Å². The zero-order chi connectivity index (χ0) is 20.3. The highest BCUT2D eigenvalue weighted by atomic mass is 19.4. The van der Waals surface area contributed by atoms with Crippen LogP contribution in [0.3, 0.4) is 0 Å². The maximum Gasteiger partial charge on any atom is 0.416 e. The Bertz CT molecular complexity index is 1030. The van der Waals surface area contributed by atoms with Crippen LogP contribution in [0.1, 0.15) is 5.56 Å². The molecule has 0 saturated carbocycles. The molecule has 0 spiro atoms. The van der Waals surface area contributed by atoms with Crippen molar-refractivity contribution in [2.24, 2.45) is 0 Å². The van der Waals surface area contributed by atoms with Crippen LogP contribution >= 0.6 is 0 Å². The second-order valence-electron chi connectivity index (χ2n) is 6.73. The van der Waals surface area contributed by atoms with E-state index in [1.165, 1.54) is 12.1 Å². The molecule has 0 bridgehead atoms. The number of anilines is 2. The highest BCUT2D eigenvalue weighted by Crippen LogP contribution is 2.33. The minimum Gasteiger partial charge on any atom is -0.355 e. The molecule has 1 nitrogen and oxygen atoms in total. The summed E-state index contributed by atoms with van der Waals surface area (Å²) in [7, 11) is 0. The Morgan fingerprint density at radius 2 is 0.966 bits per heavy atom. The van der Waals surface area contributed by atoms with Gasteiger partial charge < -0.3 is 5.32 Å². The summed E-state index contributed by atoms with van der Waals surface area (Å²) < 4.78 is 38.4. The van der Waals surface area contributed by atoms with Crippen molar-refractivity contribution in [3.8, 4) is 22.3 Å². The number of hydrogen-bond acceptors (Lipinski definition) is 1. The topological polar surface area (TPSA) is 12.0 Å². The average Bonchev–Trinajstić information content (AvgIpc) is 2.74. The van der Waals surface area contributed by atoms with Crippen LogP contribution in [0.4, 0.5) is 24.5 Å². The fourth-order valence-electron chi connectivity index (χ4n) is 3.20. The summed E-state index contributed by atoms with van der Waals surface area (Å²) in [5, 5.41) is 3.24. The van der Waals surface area contributed by atoms with Gasteiger partial charge in [0.05, 0.1) is 5.56 Å². The lowest BCUT2D eigenvalue weighted by molar-refractivity contribution is -0.137. The Morgan fingerprint density at radius 3 is 1.41 bits per heavy atom. The summed E-state index contributed by atoms with van der Waals surface area (Å²) in [6.07, 6.45) is -4.34. The maximum atomic E-state index is 12.8. The third-order valence-corrected chi connectivity index (χ3v) is 4.65. The second-order valence-corrected chi connectivity index (χ2v) is 6.73. The lowest BCUT2D eigenvalue weighted by Gasteiger charge is -2.13. The van der Waals surface area contributed by atoms with E-state index in [1.54, 1.807) is 0 Å². The van der Waals surface area contributed by atoms with Gasteiger partial charge in [-0.1, -0.05) is 60.7 Å². The smallest absolute Gasteiger partial charge is 0.355 e. The highest BCUT2D eigenvalue weighted by Gasteiger charge is 2.29. The predicted octanol–water partition coefficient (Wildman–Crippen LogP) is 7.78. The van der Waals surface area contributed by atoms with Crippen LogP contribution in [-0.2, 0) is 6.18 Å². The van der Waals surface area contributed by atoms with Crippen LogP contribution in [0, 0.1) is 0 Å². The van der Waals surface area contributed by atoms with E-state index in [1.807, 2.05) is 72.8 Å². The van der Waals surface area contributed by atoms with E-state index in [0.29, 0.717) is 5.69 Å². The van der Waals surface area contributed by atoms with Gasteiger partial charge in [-0.25, -0.2) is 0 Å². The number of halogens is 3. The molecule has 0 aliphatic rings. The van der Waals surface area contributed by atoms with Gasteiger partial charge >= 0.3 is 6.18 Å². The number of nitrogens with one attached hydrogen (secondary N) is 1. The van der Waals surface area contributed by atoms with Crippen molar-refractivity contribution in [2.75, 3.05) is 5.32 Å². The molecular weight excluding hydrogens is 371 g/mol. The van der Waals surface area contributed by atoms with Gasteiger partial charge in [-0.15, -0.1) is 0 Å². The molecule has 4 aromatic rings. The van der Waals surface area contributed by atoms with Gasteiger partial charge in [0.15, 0.2) is 0 Å².